The van der Waals surface area contributed by atoms with Gasteiger partial charge in [0.15, 0.2) is 6.10 Å². The summed E-state index contributed by atoms with van der Waals surface area (Å²) in [4.78, 5) is 21.0. The fourth-order valence-electron chi connectivity index (χ4n) is 5.81. The SMILES string of the molecule is CCOC(=O)[C@@H](OC(C)(C)C)c1c(C)nc(C)c(-c2ccc(CNCc3ccc(C)cc3)cc2)c1N1CCC(C)(C)CC1. The number of ether oxygens (including phenoxy) is 2. The Kier molecular flexibility index (Phi) is 10.3. The smallest absolute Gasteiger partial charge is 0.340 e. The maximum absolute atomic E-state index is 13.5. The average molecular weight is 586 g/mol. The first-order valence-corrected chi connectivity index (χ1v) is 15.7. The molecule has 0 bridgehead atoms. The van der Waals surface area contributed by atoms with Crippen LogP contribution < -0.4 is 10.2 Å². The third-order valence-corrected chi connectivity index (χ3v) is 8.27. The first kappa shape index (κ1) is 32.7. The van der Waals surface area contributed by atoms with Gasteiger partial charge in [0, 0.05) is 48.7 Å². The predicted molar refractivity (Wildman–Crippen MR) is 176 cm³/mol. The molecule has 1 fully saturated rings. The molecule has 0 spiro atoms. The molecule has 3 aromatic rings. The monoisotopic (exact) mass is 585 g/mol. The van der Waals surface area contributed by atoms with Crippen LogP contribution in [-0.2, 0) is 27.4 Å². The molecule has 0 aliphatic carbocycles. The van der Waals surface area contributed by atoms with Crippen LogP contribution in [0, 0.1) is 26.2 Å². The summed E-state index contributed by atoms with van der Waals surface area (Å²) < 4.78 is 12.1. The number of aryl methyl sites for hydroxylation is 3. The quantitative estimate of drug-likeness (QED) is 0.243. The summed E-state index contributed by atoms with van der Waals surface area (Å²) in [6.45, 7) is 22.3. The Bertz CT molecular complexity index is 1380. The zero-order valence-electron chi connectivity index (χ0n) is 27.8. The highest BCUT2D eigenvalue weighted by Gasteiger charge is 2.37. The number of piperidine rings is 1. The largest absolute Gasteiger partial charge is 0.464 e. The maximum atomic E-state index is 13.5. The van der Waals surface area contributed by atoms with Gasteiger partial charge in [0.05, 0.1) is 17.9 Å². The van der Waals surface area contributed by atoms with Crippen molar-refractivity contribution in [3.8, 4) is 11.1 Å². The second kappa shape index (κ2) is 13.6. The van der Waals surface area contributed by atoms with Crippen LogP contribution >= 0.6 is 0 Å². The molecule has 1 aliphatic heterocycles. The number of rotatable bonds is 10. The zero-order chi connectivity index (χ0) is 31.4. The Morgan fingerprint density at radius 1 is 0.930 bits per heavy atom. The van der Waals surface area contributed by atoms with E-state index in [2.05, 4.69) is 86.4 Å². The molecule has 2 heterocycles. The van der Waals surface area contributed by atoms with Crippen molar-refractivity contribution in [2.24, 2.45) is 5.41 Å². The van der Waals surface area contributed by atoms with Crippen LogP contribution in [0.5, 0.6) is 0 Å². The Balaban J connectivity index is 1.74. The van der Waals surface area contributed by atoms with Crippen LogP contribution in [0.1, 0.15) is 94.1 Å². The van der Waals surface area contributed by atoms with Crippen molar-refractivity contribution >= 4 is 11.7 Å². The molecule has 0 amide bonds. The third kappa shape index (κ3) is 8.45. The van der Waals surface area contributed by atoms with Crippen molar-refractivity contribution in [1.29, 1.82) is 0 Å². The van der Waals surface area contributed by atoms with Crippen molar-refractivity contribution in [2.45, 2.75) is 99.9 Å². The van der Waals surface area contributed by atoms with E-state index in [1.807, 2.05) is 34.6 Å². The van der Waals surface area contributed by atoms with E-state index >= 15 is 0 Å². The highest BCUT2D eigenvalue weighted by Crippen LogP contribution is 2.45. The van der Waals surface area contributed by atoms with Gasteiger partial charge in [-0.3, -0.25) is 4.98 Å². The van der Waals surface area contributed by atoms with Crippen molar-refractivity contribution in [2.75, 3.05) is 24.6 Å². The lowest BCUT2D eigenvalue weighted by atomic mass is 9.81. The summed E-state index contributed by atoms with van der Waals surface area (Å²) in [5.41, 5.74) is 9.27. The number of nitrogens with one attached hydrogen (secondary N) is 1. The zero-order valence-corrected chi connectivity index (χ0v) is 27.8. The van der Waals surface area contributed by atoms with Gasteiger partial charge in [-0.1, -0.05) is 67.9 Å². The van der Waals surface area contributed by atoms with Gasteiger partial charge in [0.25, 0.3) is 0 Å². The number of carbonyl (C=O) groups excluding carboxylic acids is 1. The van der Waals surface area contributed by atoms with Gasteiger partial charge < -0.3 is 19.7 Å². The van der Waals surface area contributed by atoms with Crippen LogP contribution in [0.3, 0.4) is 0 Å². The summed E-state index contributed by atoms with van der Waals surface area (Å²) in [6, 6.07) is 17.4. The van der Waals surface area contributed by atoms with Gasteiger partial charge in [0.2, 0.25) is 0 Å². The fraction of sp³-hybridized carbons (Fsp3) is 0.514. The lowest BCUT2D eigenvalue weighted by molar-refractivity contribution is -0.166. The lowest BCUT2D eigenvalue weighted by Crippen LogP contribution is -2.39. The number of anilines is 1. The van der Waals surface area contributed by atoms with Gasteiger partial charge >= 0.3 is 5.97 Å². The number of benzene rings is 2. The molecule has 43 heavy (non-hydrogen) atoms. The minimum atomic E-state index is -0.873. The van der Waals surface area contributed by atoms with Crippen molar-refractivity contribution in [3.63, 3.8) is 0 Å². The summed E-state index contributed by atoms with van der Waals surface area (Å²) >= 11 is 0. The fourth-order valence-corrected chi connectivity index (χ4v) is 5.81. The minimum absolute atomic E-state index is 0.281. The molecule has 1 atom stereocenters. The normalized spacial score (nSPS) is 15.8. The van der Waals surface area contributed by atoms with E-state index in [-0.39, 0.29) is 11.4 Å². The van der Waals surface area contributed by atoms with Crippen LogP contribution in [0.25, 0.3) is 11.1 Å². The minimum Gasteiger partial charge on any atom is -0.464 e. The number of hydrogen-bond acceptors (Lipinski definition) is 6. The van der Waals surface area contributed by atoms with Crippen LogP contribution in [-0.4, -0.2) is 36.3 Å². The van der Waals surface area contributed by atoms with E-state index in [1.54, 1.807) is 0 Å². The maximum Gasteiger partial charge on any atom is 0.340 e. The molecule has 1 aromatic heterocycles. The summed E-state index contributed by atoms with van der Waals surface area (Å²) in [6.07, 6.45) is 1.27. The Morgan fingerprint density at radius 3 is 2.02 bits per heavy atom. The summed E-state index contributed by atoms with van der Waals surface area (Å²) in [7, 11) is 0. The van der Waals surface area contributed by atoms with E-state index in [9.17, 15) is 4.79 Å². The van der Waals surface area contributed by atoms with Gasteiger partial charge in [0.1, 0.15) is 0 Å². The second-order valence-electron chi connectivity index (χ2n) is 13.7. The molecule has 1 aliphatic rings. The van der Waals surface area contributed by atoms with E-state index in [4.69, 9.17) is 14.5 Å². The van der Waals surface area contributed by atoms with E-state index in [1.165, 1.54) is 16.7 Å². The second-order valence-corrected chi connectivity index (χ2v) is 13.7. The molecule has 1 saturated heterocycles. The van der Waals surface area contributed by atoms with Crippen molar-refractivity contribution in [1.82, 2.24) is 10.3 Å². The highest BCUT2D eigenvalue weighted by molar-refractivity contribution is 5.88. The number of nitrogens with zero attached hydrogens (tertiary/aromatic N) is 2. The molecular formula is C37H51N3O3. The molecule has 2 aromatic carbocycles. The number of aromatic nitrogens is 1. The first-order valence-electron chi connectivity index (χ1n) is 15.7. The molecular weight excluding hydrogens is 534 g/mol. The highest BCUT2D eigenvalue weighted by atomic mass is 16.6. The number of esters is 1. The molecule has 0 saturated carbocycles. The van der Waals surface area contributed by atoms with Crippen LogP contribution in [0.4, 0.5) is 5.69 Å². The number of pyridine rings is 1. The number of hydrogen-bond donors (Lipinski definition) is 1. The molecule has 0 unspecified atom stereocenters. The van der Waals surface area contributed by atoms with Gasteiger partial charge in [-0.25, -0.2) is 4.79 Å². The molecule has 6 heteroatoms. The van der Waals surface area contributed by atoms with Crippen LogP contribution in [0.2, 0.25) is 0 Å². The Labute approximate surface area is 259 Å². The summed E-state index contributed by atoms with van der Waals surface area (Å²) in [5, 5.41) is 3.57. The van der Waals surface area contributed by atoms with Crippen molar-refractivity contribution in [3.05, 3.63) is 82.2 Å². The topological polar surface area (TPSA) is 63.7 Å². The third-order valence-electron chi connectivity index (χ3n) is 8.27. The van der Waals surface area contributed by atoms with E-state index in [0.717, 1.165) is 72.8 Å². The molecule has 1 N–H and O–H groups in total. The molecule has 4 rings (SSSR count). The molecule has 6 nitrogen and oxygen atoms in total. The van der Waals surface area contributed by atoms with Crippen LogP contribution in [0.15, 0.2) is 48.5 Å². The first-order chi connectivity index (χ1) is 20.3. The van der Waals surface area contributed by atoms with Gasteiger partial charge in [-0.15, -0.1) is 0 Å². The van der Waals surface area contributed by atoms with E-state index < -0.39 is 11.7 Å². The molecule has 232 valence electrons. The lowest BCUT2D eigenvalue weighted by Gasteiger charge is -2.41. The predicted octanol–water partition coefficient (Wildman–Crippen LogP) is 8.01. The van der Waals surface area contributed by atoms with Gasteiger partial charge in [-0.05, 0) is 83.4 Å². The Hall–Kier alpha value is -3.22. The average Bonchev–Trinajstić information content (AvgIpc) is 2.93. The Morgan fingerprint density at radius 2 is 1.49 bits per heavy atom. The number of carbonyl (C=O) groups is 1. The van der Waals surface area contributed by atoms with E-state index in [0.29, 0.717) is 6.61 Å². The van der Waals surface area contributed by atoms with Crippen molar-refractivity contribution < 1.29 is 14.3 Å². The summed E-state index contributed by atoms with van der Waals surface area (Å²) in [5.74, 6) is -0.370. The molecule has 0 radical (unpaired) electrons. The standard InChI is InChI=1S/C37H51N3O3/c1-10-42-35(41)34(43-36(5,6)7)32-27(4)39-26(3)31(33(32)40-21-19-37(8,9)20-22-40)30-17-15-29(16-18-30)24-38-23-28-13-11-25(2)12-14-28/h11-18,34,38H,10,19-24H2,1-9H3/t34-/m0/s1. The van der Waals surface area contributed by atoms with Gasteiger partial charge in [-0.2, -0.15) is 0 Å².